The zero-order chi connectivity index (χ0) is 32.4. The number of hydrogen-bond donors (Lipinski definition) is 1. The van der Waals surface area contributed by atoms with Crippen molar-refractivity contribution in [3.8, 4) is 11.5 Å². The van der Waals surface area contributed by atoms with E-state index in [9.17, 15) is 25.3 Å². The van der Waals surface area contributed by atoms with E-state index in [2.05, 4.69) is 17.2 Å². The van der Waals surface area contributed by atoms with E-state index in [1.165, 1.54) is 95.6 Å². The number of fused-ring (bicyclic) bond motifs is 1. The molecule has 0 spiro atoms. The molecule has 0 amide bonds. The number of nitrogens with zero attached hydrogens (tertiary/aromatic N) is 4. The maximum Gasteiger partial charge on any atom is 0.305 e. The fraction of sp³-hybridized carbons (Fsp3) is 0.529. The predicted octanol–water partition coefficient (Wildman–Crippen LogP) is 12.1. The number of nitro groups is 2. The lowest BCUT2D eigenvalue weighted by Gasteiger charge is -2.12. The first-order valence-electron chi connectivity index (χ1n) is 16.2. The Labute approximate surface area is 270 Å². The molecular formula is C34H45ClN4O6. The predicted molar refractivity (Wildman–Crippen MR) is 180 cm³/mol. The molecule has 45 heavy (non-hydrogen) atoms. The minimum absolute atomic E-state index is 0.0242. The monoisotopic (exact) mass is 640 g/mol. The number of hydrogen-bond acceptors (Lipinski definition) is 8. The molecule has 1 N–H and O–H groups in total. The fourth-order valence-corrected chi connectivity index (χ4v) is 5.64. The van der Waals surface area contributed by atoms with E-state index in [1.54, 1.807) is 18.2 Å². The molecule has 0 aliphatic heterocycles. The van der Waals surface area contributed by atoms with Crippen LogP contribution in [-0.4, -0.2) is 21.6 Å². The largest absolute Gasteiger partial charge is 0.507 e. The number of phenolic OH excluding ortho intramolecular Hbond substituents is 1. The zero-order valence-electron chi connectivity index (χ0n) is 26.2. The summed E-state index contributed by atoms with van der Waals surface area (Å²) in [5.41, 5.74) is -1.17. The van der Waals surface area contributed by atoms with Gasteiger partial charge in [0.05, 0.1) is 38.6 Å². The quantitative estimate of drug-likeness (QED) is 0.0501. The molecule has 0 bridgehead atoms. The molecular weight excluding hydrogens is 596 g/mol. The first-order chi connectivity index (χ1) is 21.8. The van der Waals surface area contributed by atoms with Gasteiger partial charge >= 0.3 is 5.69 Å². The van der Waals surface area contributed by atoms with Gasteiger partial charge in [0.2, 0.25) is 0 Å². The maximum atomic E-state index is 11.6. The van der Waals surface area contributed by atoms with E-state index in [0.29, 0.717) is 28.8 Å². The van der Waals surface area contributed by atoms with E-state index in [-0.39, 0.29) is 16.5 Å². The van der Waals surface area contributed by atoms with Gasteiger partial charge in [0.15, 0.2) is 5.69 Å². The van der Waals surface area contributed by atoms with E-state index < -0.39 is 21.2 Å². The summed E-state index contributed by atoms with van der Waals surface area (Å²) in [6.07, 6.45) is 20.6. The Balaban J connectivity index is 1.48. The van der Waals surface area contributed by atoms with Gasteiger partial charge < -0.3 is 9.84 Å². The van der Waals surface area contributed by atoms with Crippen LogP contribution in [0.3, 0.4) is 0 Å². The second-order valence-corrected chi connectivity index (χ2v) is 11.9. The fourth-order valence-electron chi connectivity index (χ4n) is 5.39. The Bertz CT molecular complexity index is 1430. The molecule has 11 heteroatoms. The number of azo groups is 1. The number of aromatic hydroxyl groups is 1. The normalized spacial score (nSPS) is 11.4. The molecule has 3 aromatic rings. The van der Waals surface area contributed by atoms with Crippen LogP contribution in [0, 0.1) is 20.2 Å². The van der Waals surface area contributed by atoms with Crippen LogP contribution in [0.5, 0.6) is 11.5 Å². The lowest BCUT2D eigenvalue weighted by atomic mass is 10.0. The Morgan fingerprint density at radius 3 is 1.89 bits per heavy atom. The molecule has 3 rings (SSSR count). The molecule has 0 aliphatic rings. The van der Waals surface area contributed by atoms with Crippen molar-refractivity contribution in [2.75, 3.05) is 6.61 Å². The number of phenols is 1. The van der Waals surface area contributed by atoms with Crippen molar-refractivity contribution < 1.29 is 19.7 Å². The van der Waals surface area contributed by atoms with Crippen LogP contribution in [0.25, 0.3) is 10.8 Å². The number of ether oxygens (including phenoxy) is 1. The summed E-state index contributed by atoms with van der Waals surface area (Å²) < 4.78 is 6.09. The maximum absolute atomic E-state index is 11.6. The van der Waals surface area contributed by atoms with Gasteiger partial charge in [0.25, 0.3) is 5.69 Å². The van der Waals surface area contributed by atoms with Gasteiger partial charge in [-0.25, -0.2) is 0 Å². The van der Waals surface area contributed by atoms with E-state index in [4.69, 9.17) is 16.3 Å². The zero-order valence-corrected chi connectivity index (χ0v) is 27.0. The number of halogens is 1. The molecule has 0 saturated carbocycles. The molecule has 0 saturated heterocycles. The number of non-ortho nitro benzene ring substituents is 1. The van der Waals surface area contributed by atoms with Gasteiger partial charge in [-0.15, -0.1) is 10.2 Å². The van der Waals surface area contributed by atoms with Crippen LogP contribution in [0.4, 0.5) is 22.7 Å². The van der Waals surface area contributed by atoms with Crippen molar-refractivity contribution in [1.29, 1.82) is 0 Å². The number of rotatable bonds is 22. The van der Waals surface area contributed by atoms with Crippen molar-refractivity contribution >= 4 is 45.1 Å². The highest BCUT2D eigenvalue weighted by atomic mass is 35.5. The van der Waals surface area contributed by atoms with Gasteiger partial charge in [-0.3, -0.25) is 20.2 Å². The van der Waals surface area contributed by atoms with E-state index in [0.717, 1.165) is 31.4 Å². The van der Waals surface area contributed by atoms with Crippen LogP contribution in [0.1, 0.15) is 110 Å². The van der Waals surface area contributed by atoms with E-state index >= 15 is 0 Å². The highest BCUT2D eigenvalue weighted by molar-refractivity contribution is 6.33. The van der Waals surface area contributed by atoms with Crippen molar-refractivity contribution in [1.82, 2.24) is 0 Å². The Hall–Kier alpha value is -3.79. The van der Waals surface area contributed by atoms with Crippen LogP contribution in [-0.2, 0) is 0 Å². The molecule has 0 heterocycles. The Morgan fingerprint density at radius 1 is 0.756 bits per heavy atom. The second-order valence-electron chi connectivity index (χ2n) is 11.4. The van der Waals surface area contributed by atoms with Gasteiger partial charge in [0.1, 0.15) is 11.5 Å². The van der Waals surface area contributed by atoms with Crippen molar-refractivity contribution in [2.45, 2.75) is 110 Å². The van der Waals surface area contributed by atoms with Crippen molar-refractivity contribution in [3.05, 3.63) is 67.7 Å². The first-order valence-corrected chi connectivity index (χ1v) is 16.6. The molecule has 0 aliphatic carbocycles. The standard InChI is InChI=1S/C34H45ClN4O6/c1-2-3-4-5-6-7-8-9-10-11-12-13-14-15-16-17-23-45-32-20-18-19-27-31(40)22-21-29(33(27)32)36-37-34-28(35)24-26(38(41)42)25-30(34)39(43)44/h18-22,24-25,40H,2-17,23H2,1H3. The second kappa shape index (κ2) is 19.6. The lowest BCUT2D eigenvalue weighted by molar-refractivity contribution is -0.393. The van der Waals surface area contributed by atoms with Crippen LogP contribution in [0.15, 0.2) is 52.7 Å². The van der Waals surface area contributed by atoms with Crippen LogP contribution >= 0.6 is 11.6 Å². The van der Waals surface area contributed by atoms with E-state index in [1.807, 2.05) is 0 Å². The van der Waals surface area contributed by atoms with Gasteiger partial charge in [-0.05, 0) is 24.6 Å². The summed E-state index contributed by atoms with van der Waals surface area (Å²) in [5.74, 6) is 0.527. The summed E-state index contributed by atoms with van der Waals surface area (Å²) >= 11 is 6.12. The van der Waals surface area contributed by atoms with Crippen molar-refractivity contribution in [2.24, 2.45) is 10.2 Å². The SMILES string of the molecule is CCCCCCCCCCCCCCCCCCOc1cccc2c(O)ccc(N=Nc3c(Cl)cc([N+](=O)[O-])cc3[N+](=O)[O-])c12. The minimum atomic E-state index is -0.797. The summed E-state index contributed by atoms with van der Waals surface area (Å²) in [6.45, 7) is 2.75. The summed E-state index contributed by atoms with van der Waals surface area (Å²) in [4.78, 5) is 21.1. The topological polar surface area (TPSA) is 140 Å². The molecule has 244 valence electrons. The summed E-state index contributed by atoms with van der Waals surface area (Å²) in [7, 11) is 0. The minimum Gasteiger partial charge on any atom is -0.507 e. The summed E-state index contributed by atoms with van der Waals surface area (Å²) in [5, 5.41) is 42.1. The highest BCUT2D eigenvalue weighted by Gasteiger charge is 2.24. The average Bonchev–Trinajstić information content (AvgIpc) is 3.02. The molecule has 0 radical (unpaired) electrons. The van der Waals surface area contributed by atoms with Crippen LogP contribution in [0.2, 0.25) is 5.02 Å². The summed E-state index contributed by atoms with van der Waals surface area (Å²) in [6, 6.07) is 10.0. The number of nitro benzene ring substituents is 2. The van der Waals surface area contributed by atoms with Gasteiger partial charge in [-0.2, -0.15) is 0 Å². The van der Waals surface area contributed by atoms with Gasteiger partial charge in [0, 0.05) is 11.5 Å². The lowest BCUT2D eigenvalue weighted by Crippen LogP contribution is -1.98. The number of benzene rings is 3. The smallest absolute Gasteiger partial charge is 0.305 e. The van der Waals surface area contributed by atoms with Crippen molar-refractivity contribution in [3.63, 3.8) is 0 Å². The average molecular weight is 641 g/mol. The Kier molecular flexibility index (Phi) is 15.5. The third-order valence-electron chi connectivity index (χ3n) is 7.91. The molecule has 0 atom stereocenters. The highest BCUT2D eigenvalue weighted by Crippen LogP contribution is 2.42. The first kappa shape index (κ1) is 35.7. The van der Waals surface area contributed by atoms with Gasteiger partial charge in [-0.1, -0.05) is 127 Å². The molecule has 0 unspecified atom stereocenters. The number of unbranched alkanes of at least 4 members (excludes halogenated alkanes) is 15. The molecule has 10 nitrogen and oxygen atoms in total. The Morgan fingerprint density at radius 2 is 1.33 bits per heavy atom. The molecule has 3 aromatic carbocycles. The third kappa shape index (κ3) is 11.6. The third-order valence-corrected chi connectivity index (χ3v) is 8.19. The molecule has 0 fully saturated rings. The molecule has 0 aromatic heterocycles. The van der Waals surface area contributed by atoms with Crippen LogP contribution < -0.4 is 4.74 Å².